The number of carbonyl (C=O) groups excluding carboxylic acids is 5. The monoisotopic (exact) mass is 602 g/mol. The molecular weight excluding hydrogens is 556 g/mol. The second-order valence-corrected chi connectivity index (χ2v) is 11.5. The topological polar surface area (TPSA) is 220 Å². The summed E-state index contributed by atoms with van der Waals surface area (Å²) in [6.45, 7) is 9.10. The first-order valence-electron chi connectivity index (χ1n) is 13.8. The molecule has 0 aromatic carbocycles. The number of carboxylic acid groups (broad SMARTS) is 1. The van der Waals surface area contributed by atoms with Crippen LogP contribution in [0, 0.1) is 0 Å². The van der Waals surface area contributed by atoms with E-state index in [1.807, 2.05) is 13.8 Å². The number of thiol groups is 1. The molecule has 0 saturated carbocycles. The summed E-state index contributed by atoms with van der Waals surface area (Å²) < 4.78 is 0. The summed E-state index contributed by atoms with van der Waals surface area (Å²) in [4.78, 5) is 75.4. The Labute approximate surface area is 246 Å². The molecule has 15 heteroatoms. The molecular formula is C26H46N6O8S. The highest BCUT2D eigenvalue weighted by atomic mass is 32.1. The van der Waals surface area contributed by atoms with E-state index in [9.17, 15) is 33.9 Å². The Bertz CT molecular complexity index is 952. The molecule has 4 amide bonds. The third-order valence-electron chi connectivity index (χ3n) is 6.80. The number of nitrogens with one attached hydrogen (secondary N) is 4. The third kappa shape index (κ3) is 11.9. The van der Waals surface area contributed by atoms with Gasteiger partial charge in [-0.05, 0) is 46.5 Å². The molecule has 0 radical (unpaired) electrons. The molecule has 41 heavy (non-hydrogen) atoms. The van der Waals surface area contributed by atoms with E-state index in [2.05, 4.69) is 33.9 Å². The molecule has 1 aliphatic rings. The first-order chi connectivity index (χ1) is 19.0. The quantitative estimate of drug-likeness (QED) is 0.0915. The average Bonchev–Trinajstić information content (AvgIpc) is 2.86. The summed E-state index contributed by atoms with van der Waals surface area (Å²) in [5.41, 5.74) is 4.23. The fourth-order valence-electron chi connectivity index (χ4n) is 4.75. The fourth-order valence-corrected chi connectivity index (χ4v) is 4.95. The van der Waals surface area contributed by atoms with Crippen LogP contribution in [0.3, 0.4) is 0 Å². The lowest BCUT2D eigenvalue weighted by Crippen LogP contribution is -2.66. The third-order valence-corrected chi connectivity index (χ3v) is 7.12. The van der Waals surface area contributed by atoms with Gasteiger partial charge in [-0.15, -0.1) is 12.6 Å². The van der Waals surface area contributed by atoms with Crippen LogP contribution in [0.4, 0.5) is 0 Å². The van der Waals surface area contributed by atoms with Crippen LogP contribution in [0.5, 0.6) is 0 Å². The molecule has 0 bridgehead atoms. The van der Waals surface area contributed by atoms with Gasteiger partial charge in [-0.1, -0.05) is 13.8 Å². The molecule has 1 fully saturated rings. The highest BCUT2D eigenvalue weighted by molar-refractivity contribution is 7.96. The highest BCUT2D eigenvalue weighted by Crippen LogP contribution is 2.25. The summed E-state index contributed by atoms with van der Waals surface area (Å²) in [7, 11) is 0. The van der Waals surface area contributed by atoms with E-state index in [-0.39, 0.29) is 69.6 Å². The Hall–Kier alpha value is -2.75. The number of piperidine rings is 1. The van der Waals surface area contributed by atoms with Gasteiger partial charge >= 0.3 is 5.97 Å². The standard InChI is InChI=1S/C26H46N6O8S/c1-14(2)28-17(7-9-20(35)36)23(38)29-18(24(39)41)6-8-19(34)32-12-10-26(11-13-32,31-15(3)4)25(40)30-21(16(5)33)22(27)37/h14-18,21,28,31,33H,6-13H2,1-5H3,(H2,27,37)(H,29,38)(H,30,40)(H,35,36)(H,39,41)/t16-,17+,18+,21+/m1/s1. The van der Waals surface area contributed by atoms with Gasteiger partial charge in [0.15, 0.2) is 0 Å². The summed E-state index contributed by atoms with van der Waals surface area (Å²) in [6.07, 6.45) is -1.03. The van der Waals surface area contributed by atoms with Crippen molar-refractivity contribution in [2.24, 2.45) is 5.73 Å². The number of nitrogens with zero attached hydrogens (tertiary/aromatic N) is 1. The van der Waals surface area contributed by atoms with E-state index < -0.39 is 58.6 Å². The van der Waals surface area contributed by atoms with Crippen LogP contribution in [-0.2, 0) is 28.8 Å². The Balaban J connectivity index is 2.84. The Morgan fingerprint density at radius 2 is 1.46 bits per heavy atom. The number of hydrogen-bond donors (Lipinski definition) is 8. The van der Waals surface area contributed by atoms with Gasteiger partial charge in [0.05, 0.1) is 18.2 Å². The number of nitrogens with two attached hydrogens (primary N) is 1. The van der Waals surface area contributed by atoms with E-state index >= 15 is 0 Å². The number of carboxylic acids is 1. The first kappa shape index (κ1) is 36.3. The first-order valence-corrected chi connectivity index (χ1v) is 14.3. The molecule has 1 aliphatic heterocycles. The molecule has 8 N–H and O–H groups in total. The van der Waals surface area contributed by atoms with Gasteiger partial charge in [0.2, 0.25) is 28.7 Å². The van der Waals surface area contributed by atoms with E-state index in [1.165, 1.54) is 6.92 Å². The maximum Gasteiger partial charge on any atom is 0.303 e. The number of aliphatic carboxylic acids is 1. The molecule has 0 spiro atoms. The highest BCUT2D eigenvalue weighted by Gasteiger charge is 2.44. The maximum atomic E-state index is 13.2. The van der Waals surface area contributed by atoms with Gasteiger partial charge in [-0.3, -0.25) is 28.8 Å². The van der Waals surface area contributed by atoms with Crippen molar-refractivity contribution in [1.29, 1.82) is 0 Å². The second kappa shape index (κ2) is 16.6. The Morgan fingerprint density at radius 3 is 1.90 bits per heavy atom. The molecule has 1 heterocycles. The van der Waals surface area contributed by atoms with Crippen LogP contribution in [0.25, 0.3) is 0 Å². The summed E-state index contributed by atoms with van der Waals surface area (Å²) >= 11 is 3.86. The minimum Gasteiger partial charge on any atom is -0.481 e. The zero-order valence-corrected chi connectivity index (χ0v) is 25.3. The minimum atomic E-state index is -1.27. The number of aliphatic hydroxyl groups is 1. The van der Waals surface area contributed by atoms with Crippen molar-refractivity contribution in [2.45, 2.75) is 115 Å². The van der Waals surface area contributed by atoms with Crippen LogP contribution in [0.2, 0.25) is 0 Å². The number of hydrogen-bond acceptors (Lipinski definition) is 9. The Morgan fingerprint density at radius 1 is 0.902 bits per heavy atom. The van der Waals surface area contributed by atoms with Crippen molar-refractivity contribution in [3.05, 3.63) is 0 Å². The largest absolute Gasteiger partial charge is 0.481 e. The van der Waals surface area contributed by atoms with Crippen LogP contribution in [-0.4, -0.2) is 105 Å². The summed E-state index contributed by atoms with van der Waals surface area (Å²) in [6, 6.07) is -3.37. The molecule has 1 saturated heterocycles. The molecule has 4 atom stereocenters. The van der Waals surface area contributed by atoms with Crippen LogP contribution in [0.1, 0.15) is 73.1 Å². The number of primary amides is 1. The SMILES string of the molecule is CC(C)N[C@@H](CCC(=O)O)C(=O)N[C@@H](CCC(=O)N1CCC(NC(C)C)(C(=O)N[C@H](C(N)=O)[C@@H](C)O)CC1)C(=O)S. The molecule has 14 nitrogen and oxygen atoms in total. The van der Waals surface area contributed by atoms with Gasteiger partial charge in [-0.2, -0.15) is 0 Å². The number of likely N-dealkylation sites (tertiary alicyclic amines) is 1. The minimum absolute atomic E-state index is 0.0126. The number of amides is 4. The van der Waals surface area contributed by atoms with Crippen molar-refractivity contribution >= 4 is 47.3 Å². The number of carbonyl (C=O) groups is 6. The lowest BCUT2D eigenvalue weighted by atomic mass is 9.85. The van der Waals surface area contributed by atoms with Crippen molar-refractivity contribution in [2.75, 3.05) is 13.1 Å². The smallest absolute Gasteiger partial charge is 0.303 e. The normalized spacial score (nSPS) is 17.8. The van der Waals surface area contributed by atoms with Crippen molar-refractivity contribution < 1.29 is 39.0 Å². The van der Waals surface area contributed by atoms with E-state index in [1.54, 1.807) is 18.7 Å². The predicted octanol–water partition coefficient (Wildman–Crippen LogP) is -1.35. The fraction of sp³-hybridized carbons (Fsp3) is 0.769. The maximum absolute atomic E-state index is 13.2. The van der Waals surface area contributed by atoms with E-state index in [0.29, 0.717) is 0 Å². The van der Waals surface area contributed by atoms with Gasteiger partial charge < -0.3 is 42.1 Å². The van der Waals surface area contributed by atoms with Crippen molar-refractivity contribution in [3.63, 3.8) is 0 Å². The van der Waals surface area contributed by atoms with Gasteiger partial charge in [-0.25, -0.2) is 0 Å². The van der Waals surface area contributed by atoms with Gasteiger partial charge in [0, 0.05) is 38.0 Å². The van der Waals surface area contributed by atoms with Crippen molar-refractivity contribution in [1.82, 2.24) is 26.2 Å². The lowest BCUT2D eigenvalue weighted by molar-refractivity contribution is -0.140. The summed E-state index contributed by atoms with van der Waals surface area (Å²) in [5, 5.41) is 29.5. The molecule has 234 valence electrons. The number of rotatable bonds is 17. The second-order valence-electron chi connectivity index (χ2n) is 11.1. The van der Waals surface area contributed by atoms with Gasteiger partial charge in [0.1, 0.15) is 11.6 Å². The van der Waals surface area contributed by atoms with Crippen LogP contribution >= 0.6 is 12.6 Å². The number of aliphatic hydroxyl groups excluding tert-OH is 1. The molecule has 0 aromatic heterocycles. The average molecular weight is 603 g/mol. The van der Waals surface area contributed by atoms with E-state index in [4.69, 9.17) is 10.8 Å². The van der Waals surface area contributed by atoms with E-state index in [0.717, 1.165) is 0 Å². The van der Waals surface area contributed by atoms with Gasteiger partial charge in [0.25, 0.3) is 0 Å². The lowest BCUT2D eigenvalue weighted by Gasteiger charge is -2.43. The zero-order chi connectivity index (χ0) is 31.5. The molecule has 0 aliphatic carbocycles. The zero-order valence-electron chi connectivity index (χ0n) is 24.4. The van der Waals surface area contributed by atoms with Crippen LogP contribution < -0.4 is 27.0 Å². The van der Waals surface area contributed by atoms with Crippen molar-refractivity contribution in [3.8, 4) is 0 Å². The molecule has 0 aromatic rings. The van der Waals surface area contributed by atoms with Crippen LogP contribution in [0.15, 0.2) is 0 Å². The molecule has 0 unspecified atom stereocenters. The summed E-state index contributed by atoms with van der Waals surface area (Å²) in [5.74, 6) is -3.25. The predicted molar refractivity (Wildman–Crippen MR) is 154 cm³/mol. The molecule has 1 rings (SSSR count). The Kier molecular flexibility index (Phi) is 14.7.